The van der Waals surface area contributed by atoms with Crippen LogP contribution in [0.15, 0.2) is 33.7 Å². The molecule has 2 aliphatic rings. The minimum atomic E-state index is -3.49. The van der Waals surface area contributed by atoms with E-state index in [1.165, 1.54) is 23.6 Å². The van der Waals surface area contributed by atoms with Crippen molar-refractivity contribution in [2.24, 2.45) is 0 Å². The molecule has 0 unspecified atom stereocenters. The van der Waals surface area contributed by atoms with E-state index in [2.05, 4.69) is 15.5 Å². The van der Waals surface area contributed by atoms with Crippen LogP contribution in [0.5, 0.6) is 0 Å². The van der Waals surface area contributed by atoms with Crippen molar-refractivity contribution in [2.45, 2.75) is 75.1 Å². The Kier molecular flexibility index (Phi) is 7.02. The number of benzene rings is 1. The van der Waals surface area contributed by atoms with E-state index in [4.69, 9.17) is 4.52 Å². The number of carbonyl (C=O) groups is 1. The SMILES string of the molecule is O=C(NC1CCCCCCC1)c1nc(-c2ccc(S(=O)(=O)N3CCCCC3)cc2)no1. The van der Waals surface area contributed by atoms with Crippen LogP contribution in [0.1, 0.15) is 74.9 Å². The summed E-state index contributed by atoms with van der Waals surface area (Å²) in [7, 11) is -3.49. The third-order valence-corrected chi connectivity index (χ3v) is 8.04. The summed E-state index contributed by atoms with van der Waals surface area (Å²) in [5.41, 5.74) is 0.603. The predicted molar refractivity (Wildman–Crippen MR) is 116 cm³/mol. The molecule has 2 fully saturated rings. The van der Waals surface area contributed by atoms with Gasteiger partial charge in [0.2, 0.25) is 15.8 Å². The van der Waals surface area contributed by atoms with Crippen LogP contribution in [0.25, 0.3) is 11.4 Å². The van der Waals surface area contributed by atoms with Crippen LogP contribution in [0.2, 0.25) is 0 Å². The Morgan fingerprint density at radius 3 is 2.23 bits per heavy atom. The molecule has 1 saturated heterocycles. The number of hydrogen-bond acceptors (Lipinski definition) is 6. The second-order valence-corrected chi connectivity index (χ2v) is 10.4. The van der Waals surface area contributed by atoms with Gasteiger partial charge in [0.25, 0.3) is 0 Å². The maximum atomic E-state index is 12.8. The van der Waals surface area contributed by atoms with Crippen LogP contribution < -0.4 is 5.32 Å². The Morgan fingerprint density at radius 2 is 1.55 bits per heavy atom. The van der Waals surface area contributed by atoms with E-state index in [9.17, 15) is 13.2 Å². The van der Waals surface area contributed by atoms with Gasteiger partial charge in [0, 0.05) is 24.7 Å². The molecule has 0 atom stereocenters. The maximum Gasteiger partial charge on any atom is 0.316 e. The number of aromatic nitrogens is 2. The fraction of sp³-hybridized carbons (Fsp3) is 0.591. The van der Waals surface area contributed by atoms with E-state index < -0.39 is 10.0 Å². The zero-order valence-corrected chi connectivity index (χ0v) is 18.6. The summed E-state index contributed by atoms with van der Waals surface area (Å²) in [4.78, 5) is 17.0. The van der Waals surface area contributed by atoms with Crippen LogP contribution in [0, 0.1) is 0 Å². The summed E-state index contributed by atoms with van der Waals surface area (Å²) >= 11 is 0. The van der Waals surface area contributed by atoms with Gasteiger partial charge in [-0.1, -0.05) is 43.7 Å². The van der Waals surface area contributed by atoms with Gasteiger partial charge in [0.15, 0.2) is 0 Å². The number of nitrogens with one attached hydrogen (secondary N) is 1. The summed E-state index contributed by atoms with van der Waals surface area (Å²) < 4.78 is 32.3. The largest absolute Gasteiger partial charge is 0.345 e. The van der Waals surface area contributed by atoms with Crippen molar-refractivity contribution in [3.63, 3.8) is 0 Å². The van der Waals surface area contributed by atoms with Crippen LogP contribution in [-0.2, 0) is 10.0 Å². The molecule has 8 nitrogen and oxygen atoms in total. The van der Waals surface area contributed by atoms with E-state index >= 15 is 0 Å². The summed E-state index contributed by atoms with van der Waals surface area (Å²) in [6.07, 6.45) is 10.7. The Labute approximate surface area is 183 Å². The Balaban J connectivity index is 1.42. The fourth-order valence-corrected chi connectivity index (χ4v) is 5.83. The normalized spacial score (nSPS) is 19.5. The lowest BCUT2D eigenvalue weighted by molar-refractivity contribution is 0.0886. The van der Waals surface area contributed by atoms with Gasteiger partial charge in [-0.2, -0.15) is 9.29 Å². The van der Waals surface area contributed by atoms with Gasteiger partial charge in [-0.05, 0) is 49.9 Å². The number of hydrogen-bond donors (Lipinski definition) is 1. The average Bonchev–Trinajstić information content (AvgIpc) is 3.27. The molecule has 4 rings (SSSR count). The molecule has 168 valence electrons. The van der Waals surface area contributed by atoms with Crippen molar-refractivity contribution in [3.8, 4) is 11.4 Å². The van der Waals surface area contributed by atoms with E-state index in [0.717, 1.165) is 44.9 Å². The summed E-state index contributed by atoms with van der Waals surface area (Å²) in [5, 5.41) is 6.92. The molecule has 31 heavy (non-hydrogen) atoms. The molecular weight excluding hydrogens is 416 g/mol. The number of amides is 1. The number of piperidine rings is 1. The zero-order valence-electron chi connectivity index (χ0n) is 17.8. The van der Waals surface area contributed by atoms with E-state index in [1.54, 1.807) is 24.3 Å². The van der Waals surface area contributed by atoms with Crippen LogP contribution in [-0.4, -0.2) is 47.9 Å². The molecule has 2 heterocycles. The molecule has 1 aromatic heterocycles. The first-order chi connectivity index (χ1) is 15.0. The lowest BCUT2D eigenvalue weighted by atomic mass is 9.97. The third-order valence-electron chi connectivity index (χ3n) is 6.13. The van der Waals surface area contributed by atoms with Crippen molar-refractivity contribution in [2.75, 3.05) is 13.1 Å². The smallest absolute Gasteiger partial charge is 0.316 e. The standard InChI is InChI=1S/C22H30N4O4S/c27-21(23-18-9-5-2-1-3-6-10-18)22-24-20(25-30-22)17-11-13-19(14-12-17)31(28,29)26-15-7-4-8-16-26/h11-14,18H,1-10,15-16H2,(H,23,27). The summed E-state index contributed by atoms with van der Waals surface area (Å²) in [6.45, 7) is 1.13. The van der Waals surface area contributed by atoms with Gasteiger partial charge in [0.1, 0.15) is 0 Å². The van der Waals surface area contributed by atoms with Gasteiger partial charge in [-0.25, -0.2) is 8.42 Å². The van der Waals surface area contributed by atoms with Gasteiger partial charge in [-0.15, -0.1) is 0 Å². The Morgan fingerprint density at radius 1 is 0.935 bits per heavy atom. The minimum Gasteiger partial charge on any atom is -0.345 e. The molecule has 0 radical (unpaired) electrons. The van der Waals surface area contributed by atoms with Crippen molar-refractivity contribution in [1.29, 1.82) is 0 Å². The highest BCUT2D eigenvalue weighted by Gasteiger charge is 2.26. The summed E-state index contributed by atoms with van der Waals surface area (Å²) in [6, 6.07) is 6.56. The lowest BCUT2D eigenvalue weighted by Crippen LogP contribution is -2.35. The van der Waals surface area contributed by atoms with E-state index in [1.807, 2.05) is 0 Å². The number of nitrogens with zero attached hydrogens (tertiary/aromatic N) is 3. The van der Waals surface area contributed by atoms with Gasteiger partial charge in [-0.3, -0.25) is 4.79 Å². The molecule has 1 amide bonds. The van der Waals surface area contributed by atoms with Gasteiger partial charge >= 0.3 is 11.8 Å². The third kappa shape index (κ3) is 5.33. The highest BCUT2D eigenvalue weighted by molar-refractivity contribution is 7.89. The number of rotatable bonds is 5. The highest BCUT2D eigenvalue weighted by Crippen LogP contribution is 2.24. The topological polar surface area (TPSA) is 105 Å². The second-order valence-electron chi connectivity index (χ2n) is 8.43. The van der Waals surface area contributed by atoms with Crippen molar-refractivity contribution in [3.05, 3.63) is 30.2 Å². The van der Waals surface area contributed by atoms with Crippen LogP contribution in [0.4, 0.5) is 0 Å². The van der Waals surface area contributed by atoms with Gasteiger partial charge in [0.05, 0.1) is 4.90 Å². The Hall–Kier alpha value is -2.26. The fourth-order valence-electron chi connectivity index (χ4n) is 4.31. The molecule has 1 aromatic carbocycles. The first kappa shape index (κ1) is 22.0. The Bertz CT molecular complexity index is 973. The first-order valence-corrected chi connectivity index (χ1v) is 12.7. The zero-order chi connectivity index (χ0) is 21.7. The number of carbonyl (C=O) groups excluding carboxylic acids is 1. The molecule has 0 spiro atoms. The lowest BCUT2D eigenvalue weighted by Gasteiger charge is -2.25. The molecule has 1 aliphatic heterocycles. The van der Waals surface area contributed by atoms with Gasteiger partial charge < -0.3 is 9.84 Å². The summed E-state index contributed by atoms with van der Waals surface area (Å²) in [5.74, 6) is -0.152. The maximum absolute atomic E-state index is 12.8. The number of sulfonamides is 1. The van der Waals surface area contributed by atoms with E-state index in [0.29, 0.717) is 18.7 Å². The highest BCUT2D eigenvalue weighted by atomic mass is 32.2. The molecular formula is C22H30N4O4S. The van der Waals surface area contributed by atoms with E-state index in [-0.39, 0.29) is 28.6 Å². The monoisotopic (exact) mass is 446 g/mol. The molecule has 1 saturated carbocycles. The van der Waals surface area contributed by atoms with Crippen molar-refractivity contribution >= 4 is 15.9 Å². The molecule has 9 heteroatoms. The second kappa shape index (κ2) is 9.91. The van der Waals surface area contributed by atoms with Crippen LogP contribution >= 0.6 is 0 Å². The molecule has 2 aromatic rings. The molecule has 1 N–H and O–H groups in total. The minimum absolute atomic E-state index is 0.0675. The molecule has 0 bridgehead atoms. The average molecular weight is 447 g/mol. The quantitative estimate of drug-likeness (QED) is 0.750. The first-order valence-electron chi connectivity index (χ1n) is 11.3. The van der Waals surface area contributed by atoms with Crippen molar-refractivity contribution < 1.29 is 17.7 Å². The molecule has 1 aliphatic carbocycles. The van der Waals surface area contributed by atoms with Crippen LogP contribution in [0.3, 0.4) is 0 Å². The predicted octanol–water partition coefficient (Wildman–Crippen LogP) is 3.75. The van der Waals surface area contributed by atoms with Crippen molar-refractivity contribution in [1.82, 2.24) is 19.8 Å².